The molecule has 1 aliphatic carbocycles. The molecule has 0 saturated heterocycles. The van der Waals surface area contributed by atoms with E-state index < -0.39 is 10.0 Å². The summed E-state index contributed by atoms with van der Waals surface area (Å²) in [5, 5.41) is 5.97. The van der Waals surface area contributed by atoms with E-state index >= 15 is 0 Å². The van der Waals surface area contributed by atoms with Crippen LogP contribution in [0, 0.1) is 5.41 Å². The van der Waals surface area contributed by atoms with Crippen LogP contribution in [0.1, 0.15) is 45.6 Å². The predicted molar refractivity (Wildman–Crippen MR) is 110 cm³/mol. The summed E-state index contributed by atoms with van der Waals surface area (Å²) < 4.78 is 23.0. The molecule has 0 aliphatic heterocycles. The Bertz CT molecular complexity index is 884. The second-order valence-corrected chi connectivity index (χ2v) is 9.59. The molecule has 0 atom stereocenters. The van der Waals surface area contributed by atoms with E-state index in [1.807, 2.05) is 31.2 Å². The quantitative estimate of drug-likeness (QED) is 0.646. The van der Waals surface area contributed by atoms with Gasteiger partial charge in [-0.3, -0.25) is 0 Å². The number of rotatable bonds is 6. The van der Waals surface area contributed by atoms with Crippen LogP contribution in [0.3, 0.4) is 0 Å². The van der Waals surface area contributed by atoms with Gasteiger partial charge in [0.1, 0.15) is 0 Å². The van der Waals surface area contributed by atoms with Crippen molar-refractivity contribution in [3.63, 3.8) is 0 Å². The van der Waals surface area contributed by atoms with Crippen molar-refractivity contribution in [3.8, 4) is 0 Å². The molecular weight excluding hydrogens is 366 g/mol. The van der Waals surface area contributed by atoms with Crippen LogP contribution in [-0.2, 0) is 10.0 Å². The maximum Gasteiger partial charge on any atom is 0.238 e. The first-order chi connectivity index (χ1) is 12.0. The van der Waals surface area contributed by atoms with Gasteiger partial charge in [-0.05, 0) is 66.0 Å². The first kappa shape index (κ1) is 20.7. The lowest BCUT2D eigenvalue weighted by molar-refractivity contribution is 0.398. The molecular formula is C21H26ClNO2S. The van der Waals surface area contributed by atoms with Crippen LogP contribution in [0.25, 0.3) is 5.57 Å². The lowest BCUT2D eigenvalue weighted by Crippen LogP contribution is -2.11. The number of allylic oxidation sites excluding steroid dienone is 7. The molecule has 1 aliphatic rings. The summed E-state index contributed by atoms with van der Waals surface area (Å²) in [6.07, 6.45) is 8.60. The zero-order valence-corrected chi connectivity index (χ0v) is 17.1. The summed E-state index contributed by atoms with van der Waals surface area (Å²) in [5.74, 6) is 0. The third-order valence-corrected chi connectivity index (χ3v) is 5.60. The van der Waals surface area contributed by atoms with E-state index in [9.17, 15) is 8.42 Å². The molecule has 26 heavy (non-hydrogen) atoms. The van der Waals surface area contributed by atoms with Gasteiger partial charge in [0, 0.05) is 5.03 Å². The minimum atomic E-state index is -3.68. The standard InChI is InChI=1S/C21H26ClNO2S/c1-5-16(8-6-7-15(2)22)19-13-21(3,4)14-20(19)17-9-11-18(12-10-17)26(23,24)25/h5,7-12H,1,6,13-14H2,2-4H3,(H2,23,24,25)/b15-7+,16-8+. The Morgan fingerprint density at radius 1 is 1.23 bits per heavy atom. The van der Waals surface area contributed by atoms with Crippen LogP contribution in [0.5, 0.6) is 0 Å². The SMILES string of the molecule is C=C/C(=C\C/C=C(\C)Cl)C1=C(c2ccc(S(N)(=O)=O)cc2)CC(C)(C)C1. The maximum absolute atomic E-state index is 11.5. The van der Waals surface area contributed by atoms with Crippen molar-refractivity contribution in [3.05, 3.63) is 70.8 Å². The third-order valence-electron chi connectivity index (χ3n) is 4.51. The Morgan fingerprint density at radius 2 is 1.85 bits per heavy atom. The van der Waals surface area contributed by atoms with Crippen LogP contribution >= 0.6 is 11.6 Å². The fourth-order valence-electron chi connectivity index (χ4n) is 3.31. The molecule has 2 N–H and O–H groups in total. The molecule has 0 aromatic heterocycles. The minimum Gasteiger partial charge on any atom is -0.225 e. The van der Waals surface area contributed by atoms with Crippen molar-refractivity contribution in [2.45, 2.75) is 44.9 Å². The van der Waals surface area contributed by atoms with Crippen molar-refractivity contribution in [2.24, 2.45) is 10.6 Å². The normalized spacial score (nSPS) is 18.3. The Hall–Kier alpha value is -1.62. The summed E-state index contributed by atoms with van der Waals surface area (Å²) >= 11 is 5.92. The lowest BCUT2D eigenvalue weighted by atomic mass is 9.87. The van der Waals surface area contributed by atoms with E-state index in [4.69, 9.17) is 16.7 Å². The zero-order valence-electron chi connectivity index (χ0n) is 15.5. The van der Waals surface area contributed by atoms with Crippen LogP contribution in [0.15, 0.2) is 70.1 Å². The minimum absolute atomic E-state index is 0.128. The number of primary sulfonamides is 1. The van der Waals surface area contributed by atoms with Gasteiger partial charge in [0.2, 0.25) is 10.0 Å². The summed E-state index contributed by atoms with van der Waals surface area (Å²) in [4.78, 5) is 0.128. The number of nitrogens with two attached hydrogens (primary N) is 1. The Morgan fingerprint density at radius 3 is 2.35 bits per heavy atom. The molecule has 1 aromatic carbocycles. The van der Waals surface area contributed by atoms with Crippen molar-refractivity contribution in [1.29, 1.82) is 0 Å². The summed E-state index contributed by atoms with van der Waals surface area (Å²) in [5.41, 5.74) is 4.76. The molecule has 0 radical (unpaired) electrons. The highest BCUT2D eigenvalue weighted by Gasteiger charge is 2.32. The first-order valence-corrected chi connectivity index (χ1v) is 10.5. The molecule has 0 unspecified atom stereocenters. The smallest absolute Gasteiger partial charge is 0.225 e. The van der Waals surface area contributed by atoms with Gasteiger partial charge in [-0.2, -0.15) is 0 Å². The van der Waals surface area contributed by atoms with E-state index in [-0.39, 0.29) is 10.3 Å². The molecule has 2 rings (SSSR count). The molecule has 0 spiro atoms. The second kappa shape index (κ2) is 7.95. The Kier molecular flexibility index (Phi) is 6.33. The molecule has 0 saturated carbocycles. The fourth-order valence-corrected chi connectivity index (χ4v) is 3.91. The highest BCUT2D eigenvalue weighted by Crippen LogP contribution is 2.48. The Labute approximate surface area is 162 Å². The average Bonchev–Trinajstić information content (AvgIpc) is 2.86. The van der Waals surface area contributed by atoms with Gasteiger partial charge in [0.25, 0.3) is 0 Å². The number of halogens is 1. The number of hydrogen-bond donors (Lipinski definition) is 1. The summed E-state index contributed by atoms with van der Waals surface area (Å²) in [7, 11) is -3.68. The predicted octanol–water partition coefficient (Wildman–Crippen LogP) is 5.55. The summed E-state index contributed by atoms with van der Waals surface area (Å²) in [6.45, 7) is 10.3. The van der Waals surface area contributed by atoms with Gasteiger partial charge < -0.3 is 0 Å². The molecule has 0 fully saturated rings. The zero-order chi connectivity index (χ0) is 19.5. The van der Waals surface area contributed by atoms with Crippen molar-refractivity contribution in [2.75, 3.05) is 0 Å². The highest BCUT2D eigenvalue weighted by molar-refractivity contribution is 7.89. The van der Waals surface area contributed by atoms with Gasteiger partial charge in [0.15, 0.2) is 0 Å². The fraction of sp³-hybridized carbons (Fsp3) is 0.333. The molecule has 140 valence electrons. The Balaban J connectivity index is 2.48. The van der Waals surface area contributed by atoms with Gasteiger partial charge in [-0.1, -0.05) is 62.4 Å². The van der Waals surface area contributed by atoms with Crippen LogP contribution in [-0.4, -0.2) is 8.42 Å². The van der Waals surface area contributed by atoms with E-state index in [1.165, 1.54) is 11.1 Å². The molecule has 0 heterocycles. The largest absolute Gasteiger partial charge is 0.238 e. The van der Waals surface area contributed by atoms with E-state index in [0.29, 0.717) is 0 Å². The molecule has 3 nitrogen and oxygen atoms in total. The topological polar surface area (TPSA) is 60.2 Å². The highest BCUT2D eigenvalue weighted by atomic mass is 35.5. The van der Waals surface area contributed by atoms with E-state index in [0.717, 1.165) is 35.4 Å². The van der Waals surface area contributed by atoms with Crippen molar-refractivity contribution >= 4 is 27.2 Å². The first-order valence-electron chi connectivity index (χ1n) is 8.54. The van der Waals surface area contributed by atoms with Crippen molar-refractivity contribution < 1.29 is 8.42 Å². The lowest BCUT2D eigenvalue weighted by Gasteiger charge is -2.17. The average molecular weight is 392 g/mol. The van der Waals surface area contributed by atoms with Gasteiger partial charge in [-0.15, -0.1) is 0 Å². The maximum atomic E-state index is 11.5. The molecule has 0 bridgehead atoms. The van der Waals surface area contributed by atoms with Gasteiger partial charge >= 0.3 is 0 Å². The van der Waals surface area contributed by atoms with Crippen LogP contribution in [0.2, 0.25) is 0 Å². The van der Waals surface area contributed by atoms with E-state index in [2.05, 4.69) is 26.5 Å². The number of benzene rings is 1. The molecule has 1 aromatic rings. The van der Waals surface area contributed by atoms with Crippen LogP contribution < -0.4 is 5.14 Å². The third kappa shape index (κ3) is 5.19. The number of hydrogen-bond acceptors (Lipinski definition) is 2. The molecule has 5 heteroatoms. The van der Waals surface area contributed by atoms with E-state index in [1.54, 1.807) is 12.1 Å². The summed E-state index contributed by atoms with van der Waals surface area (Å²) in [6, 6.07) is 6.80. The van der Waals surface area contributed by atoms with Crippen molar-refractivity contribution in [1.82, 2.24) is 0 Å². The van der Waals surface area contributed by atoms with Crippen LogP contribution in [0.4, 0.5) is 0 Å². The van der Waals surface area contributed by atoms with Gasteiger partial charge in [-0.25, -0.2) is 13.6 Å². The monoisotopic (exact) mass is 391 g/mol. The molecule has 0 amide bonds. The van der Waals surface area contributed by atoms with Gasteiger partial charge in [0.05, 0.1) is 4.90 Å². The number of sulfonamides is 1. The second-order valence-electron chi connectivity index (χ2n) is 7.43.